The van der Waals surface area contributed by atoms with Crippen LogP contribution in [0.2, 0.25) is 0 Å². The number of nitrogens with one attached hydrogen (secondary N) is 1. The number of hydrogen-bond donors (Lipinski definition) is 1. The van der Waals surface area contributed by atoms with Crippen LogP contribution in [-0.4, -0.2) is 132 Å². The molecule has 1 N–H and O–H groups in total. The van der Waals surface area contributed by atoms with Crippen LogP contribution < -0.4 is 15.3 Å². The van der Waals surface area contributed by atoms with Crippen LogP contribution in [0.15, 0.2) is 284 Å². The highest BCUT2D eigenvalue weighted by Gasteiger charge is 2.52. The van der Waals surface area contributed by atoms with Crippen LogP contribution in [0.4, 0.5) is 16.4 Å². The lowest BCUT2D eigenvalue weighted by Gasteiger charge is -2.37. The lowest BCUT2D eigenvalue weighted by molar-refractivity contribution is 0.00578. The van der Waals surface area contributed by atoms with E-state index in [1.165, 1.54) is 0 Å². The minimum Gasteiger partial charge on any atom is -0.442 e. The summed E-state index contributed by atoms with van der Waals surface area (Å²) in [7, 11) is -0.536. The van der Waals surface area contributed by atoms with Gasteiger partial charge < -0.3 is 33.3 Å². The fraction of sp³-hybridized carbons (Fsp3) is 0.230. The smallest absolute Gasteiger partial charge is 0.442 e. The van der Waals surface area contributed by atoms with Crippen molar-refractivity contribution in [3.05, 3.63) is 318 Å². The Kier molecular flexibility index (Phi) is 20.3. The van der Waals surface area contributed by atoms with Crippen molar-refractivity contribution in [3.8, 4) is 33.6 Å². The monoisotopic (exact) mass is 1480 g/mol. The number of halogens is 1. The van der Waals surface area contributed by atoms with Crippen molar-refractivity contribution in [3.63, 3.8) is 0 Å². The Morgan fingerprint density at radius 1 is 0.486 bits per heavy atom. The number of fused-ring (bicyclic) bond motifs is 2. The normalized spacial score (nSPS) is 15.2. The zero-order valence-electron chi connectivity index (χ0n) is 61.0. The SMILES string of the molecule is Brc1ccc2c(c1)c(-c1ccnc(N3CCOCC3)c1)nn2C(c1ccccc1)(c1ccccc1)c1ccccc1.CC(C)(C)OC(=O)n1cc(B2OC(C)(C)C(C)(C)O2)cn1.c1ccc(C(c2ccccc2)(c2ccccc2)n2nc(-c3ccnc(N4CCOCC4)c3)c3cc(-c4cn[nH]c4)ccc32)cc1. The first kappa shape index (κ1) is 71.5. The Balaban J connectivity index is 0.000000137. The Morgan fingerprint density at radius 2 is 0.888 bits per heavy atom. The van der Waals surface area contributed by atoms with Crippen molar-refractivity contribution >= 4 is 68.0 Å². The van der Waals surface area contributed by atoms with Gasteiger partial charge in [-0.05, 0) is 142 Å². The summed E-state index contributed by atoms with van der Waals surface area (Å²) in [5.41, 5.74) is 12.7. The van der Waals surface area contributed by atoms with Crippen molar-refractivity contribution in [2.45, 2.75) is 76.3 Å². The van der Waals surface area contributed by atoms with Crippen LogP contribution >= 0.6 is 15.9 Å². The maximum Gasteiger partial charge on any atom is 0.498 e. The first-order chi connectivity index (χ1) is 52.0. The Bertz CT molecular complexity index is 5130. The second-order valence-corrected chi connectivity index (χ2v) is 29.7. The molecular formula is C87H84BBrN12O6. The molecule has 0 spiro atoms. The average molecular weight is 1480 g/mol. The molecule has 9 heterocycles. The second-order valence-electron chi connectivity index (χ2n) is 28.8. The van der Waals surface area contributed by atoms with Crippen molar-refractivity contribution in [1.29, 1.82) is 0 Å². The molecule has 0 saturated carbocycles. The molecule has 0 aliphatic carbocycles. The van der Waals surface area contributed by atoms with Crippen LogP contribution in [0.3, 0.4) is 0 Å². The van der Waals surface area contributed by atoms with E-state index in [0.29, 0.717) is 31.9 Å². The number of aromatic nitrogens is 10. The van der Waals surface area contributed by atoms with Crippen molar-refractivity contribution < 1.29 is 28.3 Å². The third-order valence-corrected chi connectivity index (χ3v) is 20.8. The third-order valence-electron chi connectivity index (χ3n) is 20.4. The van der Waals surface area contributed by atoms with E-state index in [-0.39, 0.29) is 0 Å². The van der Waals surface area contributed by atoms with E-state index in [2.05, 4.69) is 293 Å². The van der Waals surface area contributed by atoms with Gasteiger partial charge in [0.15, 0.2) is 0 Å². The van der Waals surface area contributed by atoms with E-state index in [9.17, 15) is 4.79 Å². The van der Waals surface area contributed by atoms with Crippen molar-refractivity contribution in [1.82, 2.24) is 49.5 Å². The largest absolute Gasteiger partial charge is 0.498 e. The van der Waals surface area contributed by atoms with Crippen LogP contribution in [0.1, 0.15) is 81.8 Å². The number of nitrogens with zero attached hydrogens (tertiary/aromatic N) is 11. The van der Waals surface area contributed by atoms with Gasteiger partial charge in [0.25, 0.3) is 0 Å². The van der Waals surface area contributed by atoms with Gasteiger partial charge in [0.2, 0.25) is 0 Å². The maximum atomic E-state index is 11.9. The number of pyridine rings is 2. The number of morpholine rings is 2. The summed E-state index contributed by atoms with van der Waals surface area (Å²) in [6.45, 7) is 19.5. The highest BCUT2D eigenvalue weighted by atomic mass is 79.9. The molecule has 6 aromatic heterocycles. The number of benzene rings is 8. The van der Waals surface area contributed by atoms with E-state index < -0.39 is 41.1 Å². The zero-order valence-corrected chi connectivity index (χ0v) is 62.6. The van der Waals surface area contributed by atoms with Gasteiger partial charge in [-0.2, -0.15) is 25.1 Å². The van der Waals surface area contributed by atoms with Gasteiger partial charge in [-0.15, -0.1) is 0 Å². The first-order valence-electron chi connectivity index (χ1n) is 36.2. The molecule has 0 atom stereocenters. The van der Waals surface area contributed by atoms with E-state index >= 15 is 0 Å². The second kappa shape index (κ2) is 30.4. The fourth-order valence-corrected chi connectivity index (χ4v) is 14.8. The van der Waals surface area contributed by atoms with Gasteiger partial charge in [0.1, 0.15) is 39.7 Å². The summed E-state index contributed by atoms with van der Waals surface area (Å²) in [5, 5.41) is 24.4. The molecule has 0 unspecified atom stereocenters. The molecule has 8 aromatic carbocycles. The number of rotatable bonds is 14. The third kappa shape index (κ3) is 14.3. The fourth-order valence-electron chi connectivity index (χ4n) is 14.5. The summed E-state index contributed by atoms with van der Waals surface area (Å²) < 4.78 is 34.9. The van der Waals surface area contributed by atoms with Gasteiger partial charge in [-0.25, -0.2) is 24.1 Å². The standard InChI is InChI=1S/C38H32N6O.C35H29BrN4O.C14H23BN2O4/c1-4-10-31(11-5-1)38(32-12-6-2-7-13-32,33-14-8-3-9-15-33)44-35-17-16-28(30-26-40-41-27-30)24-34(35)37(42-44)29-18-19-39-36(25-29)43-20-22-45-23-21-43;36-30-16-17-32-31(25-30)34(26-18-19-37-33(24-26)39-20-22-41-23-21-39)38-40(32)35(27-10-4-1-5-11-27,28-12-6-2-7-13-28)29-14-8-3-9-15-29;1-12(2,3)19-11(18)17-9-10(8-16-17)15-20-13(4,5)14(6,7)21-15/h1-19,24-27H,20-23H2,(H,40,41);1-19,24-25H,20-23H2;8-9H,1-7H3. The average Bonchev–Trinajstić information content (AvgIpc) is 1.61. The van der Waals surface area contributed by atoms with Crippen LogP contribution in [0.5, 0.6) is 0 Å². The predicted octanol–water partition coefficient (Wildman–Crippen LogP) is 16.7. The van der Waals surface area contributed by atoms with E-state index in [1.807, 2.05) is 73.3 Å². The Morgan fingerprint density at radius 3 is 1.28 bits per heavy atom. The number of hydrogen-bond acceptors (Lipinski definition) is 14. The van der Waals surface area contributed by atoms with Gasteiger partial charge in [0.05, 0.1) is 54.9 Å². The Labute approximate surface area is 632 Å². The van der Waals surface area contributed by atoms with Crippen molar-refractivity contribution in [2.24, 2.45) is 0 Å². The molecule has 0 radical (unpaired) electrons. The van der Waals surface area contributed by atoms with Crippen LogP contribution in [0.25, 0.3) is 55.4 Å². The van der Waals surface area contributed by atoms with E-state index in [0.717, 1.165) is 136 Å². The molecule has 3 aliphatic heterocycles. The molecule has 20 heteroatoms. The van der Waals surface area contributed by atoms with Gasteiger partial charge >= 0.3 is 13.2 Å². The van der Waals surface area contributed by atoms with Crippen molar-refractivity contribution in [2.75, 3.05) is 62.4 Å². The molecule has 538 valence electrons. The number of carbonyl (C=O) groups is 1. The lowest BCUT2D eigenvalue weighted by atomic mass is 9.77. The summed E-state index contributed by atoms with van der Waals surface area (Å²) in [5.74, 6) is 1.88. The van der Waals surface area contributed by atoms with E-state index in [4.69, 9.17) is 43.7 Å². The molecule has 0 amide bonds. The van der Waals surface area contributed by atoms with Gasteiger partial charge in [-0.1, -0.05) is 204 Å². The number of ether oxygens (including phenoxy) is 3. The minimum absolute atomic E-state index is 0.425. The Hall–Kier alpha value is -11.1. The number of carbonyl (C=O) groups excluding carboxylic acids is 1. The highest BCUT2D eigenvalue weighted by molar-refractivity contribution is 9.10. The zero-order chi connectivity index (χ0) is 73.8. The maximum absolute atomic E-state index is 11.9. The molecule has 3 aliphatic rings. The number of anilines is 2. The summed E-state index contributed by atoms with van der Waals surface area (Å²) in [4.78, 5) is 26.0. The van der Waals surface area contributed by atoms with Crippen LogP contribution in [0, 0.1) is 0 Å². The lowest BCUT2D eigenvalue weighted by Crippen LogP contribution is -2.41. The molecule has 0 bridgehead atoms. The molecule has 3 fully saturated rings. The number of H-pyrrole nitrogens is 1. The molecular weight excluding hydrogens is 1400 g/mol. The molecule has 3 saturated heterocycles. The topological polar surface area (TPSA) is 178 Å². The first-order valence-corrected chi connectivity index (χ1v) is 37.0. The minimum atomic E-state index is -0.752. The molecule has 17 rings (SSSR count). The van der Waals surface area contributed by atoms with Gasteiger partial charge in [0, 0.05) is 94.6 Å². The molecule has 18 nitrogen and oxygen atoms in total. The predicted molar refractivity (Wildman–Crippen MR) is 426 cm³/mol. The summed E-state index contributed by atoms with van der Waals surface area (Å²) in [6.07, 6.45) is 10.2. The summed E-state index contributed by atoms with van der Waals surface area (Å²) >= 11 is 3.74. The van der Waals surface area contributed by atoms with Crippen LogP contribution in [-0.2, 0) is 34.6 Å². The van der Waals surface area contributed by atoms with Gasteiger partial charge in [-0.3, -0.25) is 5.10 Å². The molecule has 107 heavy (non-hydrogen) atoms. The quantitative estimate of drug-likeness (QED) is 0.0803. The highest BCUT2D eigenvalue weighted by Crippen LogP contribution is 2.47. The number of aromatic amines is 1. The van der Waals surface area contributed by atoms with E-state index in [1.54, 1.807) is 12.4 Å². The molecule has 14 aromatic rings. The summed E-state index contributed by atoms with van der Waals surface area (Å²) in [6, 6.07) is 85.6.